The number of benzene rings is 1. The largest absolute Gasteiger partial charge is 0.487 e. The molecule has 1 fully saturated rings. The van der Waals surface area contributed by atoms with Crippen molar-refractivity contribution < 1.29 is 4.74 Å². The summed E-state index contributed by atoms with van der Waals surface area (Å²) >= 11 is 0. The van der Waals surface area contributed by atoms with Gasteiger partial charge in [0.15, 0.2) is 0 Å². The Bertz CT molecular complexity index is 581. The monoisotopic (exact) mass is 333 g/mol. The Balaban J connectivity index is 0.00000192. The predicted octanol–water partition coefficient (Wildman–Crippen LogP) is 2.86. The van der Waals surface area contributed by atoms with Gasteiger partial charge in [0.1, 0.15) is 12.4 Å². The van der Waals surface area contributed by atoms with Gasteiger partial charge in [-0.1, -0.05) is 25.1 Å². The molecule has 2 atom stereocenters. The minimum absolute atomic E-state index is 0. The standard InChI is InChI=1S/C18H23N3O.ClH/c1-14-10-21(12-18(14)19)11-15-5-7-17(8-6-15)22-13-16-4-2-3-9-20-16;/h2-9,14,18H,10-13,19H2,1H3;1H. The minimum Gasteiger partial charge on any atom is -0.487 e. The van der Waals surface area contributed by atoms with Crippen molar-refractivity contribution in [2.24, 2.45) is 11.7 Å². The van der Waals surface area contributed by atoms with Crippen LogP contribution in [0.5, 0.6) is 5.75 Å². The molecule has 0 radical (unpaired) electrons. The van der Waals surface area contributed by atoms with Crippen LogP contribution in [0.2, 0.25) is 0 Å². The molecule has 1 saturated heterocycles. The third-order valence-corrected chi connectivity index (χ3v) is 4.19. The number of rotatable bonds is 5. The summed E-state index contributed by atoms with van der Waals surface area (Å²) in [5, 5.41) is 0. The van der Waals surface area contributed by atoms with E-state index < -0.39 is 0 Å². The highest BCUT2D eigenvalue weighted by molar-refractivity contribution is 5.85. The molecule has 23 heavy (non-hydrogen) atoms. The molecule has 1 aliphatic rings. The Labute approximate surface area is 144 Å². The van der Waals surface area contributed by atoms with Crippen molar-refractivity contribution in [2.45, 2.75) is 26.1 Å². The molecule has 3 rings (SSSR count). The van der Waals surface area contributed by atoms with Crippen molar-refractivity contribution in [3.8, 4) is 5.75 Å². The van der Waals surface area contributed by atoms with Crippen molar-refractivity contribution in [3.63, 3.8) is 0 Å². The number of nitrogens with two attached hydrogens (primary N) is 1. The summed E-state index contributed by atoms with van der Waals surface area (Å²) in [7, 11) is 0. The van der Waals surface area contributed by atoms with Crippen LogP contribution >= 0.6 is 12.4 Å². The van der Waals surface area contributed by atoms with E-state index in [2.05, 4.69) is 28.9 Å². The summed E-state index contributed by atoms with van der Waals surface area (Å²) in [5.41, 5.74) is 8.31. The third kappa shape index (κ3) is 4.93. The first-order chi connectivity index (χ1) is 10.7. The van der Waals surface area contributed by atoms with Gasteiger partial charge in [0.2, 0.25) is 0 Å². The fourth-order valence-electron chi connectivity index (χ4n) is 2.81. The van der Waals surface area contributed by atoms with Crippen molar-refractivity contribution >= 4 is 12.4 Å². The zero-order valence-corrected chi connectivity index (χ0v) is 14.2. The lowest BCUT2D eigenvalue weighted by atomic mass is 10.1. The summed E-state index contributed by atoms with van der Waals surface area (Å²) in [5.74, 6) is 1.46. The SMILES string of the molecule is CC1CN(Cc2ccc(OCc3ccccn3)cc2)CC1N.Cl. The zero-order valence-electron chi connectivity index (χ0n) is 13.4. The topological polar surface area (TPSA) is 51.4 Å². The summed E-state index contributed by atoms with van der Waals surface area (Å²) in [6.07, 6.45) is 1.78. The smallest absolute Gasteiger partial charge is 0.130 e. The van der Waals surface area contributed by atoms with Gasteiger partial charge in [-0.25, -0.2) is 0 Å². The summed E-state index contributed by atoms with van der Waals surface area (Å²) in [4.78, 5) is 6.67. The number of pyridine rings is 1. The highest BCUT2D eigenvalue weighted by atomic mass is 35.5. The predicted molar refractivity (Wildman–Crippen MR) is 94.7 cm³/mol. The molecule has 4 nitrogen and oxygen atoms in total. The maximum absolute atomic E-state index is 6.07. The van der Waals surface area contributed by atoms with Crippen molar-refractivity contribution in [1.29, 1.82) is 0 Å². The first kappa shape index (κ1) is 17.7. The third-order valence-electron chi connectivity index (χ3n) is 4.19. The van der Waals surface area contributed by atoms with Crippen LogP contribution in [-0.2, 0) is 13.2 Å². The molecule has 0 bridgehead atoms. The van der Waals surface area contributed by atoms with E-state index in [-0.39, 0.29) is 12.4 Å². The van der Waals surface area contributed by atoms with E-state index in [4.69, 9.17) is 10.5 Å². The molecule has 2 heterocycles. The molecule has 0 aliphatic carbocycles. The van der Waals surface area contributed by atoms with Crippen LogP contribution in [0.15, 0.2) is 48.7 Å². The second kappa shape index (κ2) is 8.29. The zero-order chi connectivity index (χ0) is 15.4. The average molecular weight is 334 g/mol. The van der Waals surface area contributed by atoms with Gasteiger partial charge in [0, 0.05) is 31.9 Å². The van der Waals surface area contributed by atoms with Gasteiger partial charge in [-0.2, -0.15) is 0 Å². The molecule has 2 N–H and O–H groups in total. The van der Waals surface area contributed by atoms with Gasteiger partial charge in [-0.15, -0.1) is 12.4 Å². The number of nitrogens with zero attached hydrogens (tertiary/aromatic N) is 2. The maximum atomic E-state index is 6.07. The van der Waals surface area contributed by atoms with Crippen LogP contribution in [0.3, 0.4) is 0 Å². The lowest BCUT2D eigenvalue weighted by molar-refractivity contribution is 0.300. The normalized spacial score (nSPS) is 21.0. The number of ether oxygens (including phenoxy) is 1. The molecule has 1 aromatic heterocycles. The molecule has 1 aromatic carbocycles. The van der Waals surface area contributed by atoms with E-state index in [0.717, 1.165) is 31.1 Å². The first-order valence-electron chi connectivity index (χ1n) is 7.80. The number of hydrogen-bond acceptors (Lipinski definition) is 4. The van der Waals surface area contributed by atoms with Gasteiger partial charge in [-0.05, 0) is 35.7 Å². The van der Waals surface area contributed by atoms with Crippen LogP contribution in [-0.4, -0.2) is 29.0 Å². The molecular weight excluding hydrogens is 310 g/mol. The quantitative estimate of drug-likeness (QED) is 0.914. The molecule has 2 unspecified atom stereocenters. The Kier molecular flexibility index (Phi) is 6.39. The summed E-state index contributed by atoms with van der Waals surface area (Å²) < 4.78 is 5.76. The molecule has 0 spiro atoms. The second-order valence-corrected chi connectivity index (χ2v) is 6.09. The van der Waals surface area contributed by atoms with E-state index >= 15 is 0 Å². The fraction of sp³-hybridized carbons (Fsp3) is 0.389. The van der Waals surface area contributed by atoms with Crippen molar-refractivity contribution in [2.75, 3.05) is 13.1 Å². The number of halogens is 1. The van der Waals surface area contributed by atoms with Crippen LogP contribution in [0.25, 0.3) is 0 Å². The lowest BCUT2D eigenvalue weighted by Gasteiger charge is -2.15. The summed E-state index contributed by atoms with van der Waals surface area (Å²) in [6, 6.07) is 14.5. The Morgan fingerprint density at radius 1 is 1.17 bits per heavy atom. The first-order valence-corrected chi connectivity index (χ1v) is 7.80. The van der Waals surface area contributed by atoms with E-state index in [9.17, 15) is 0 Å². The molecule has 5 heteroatoms. The van der Waals surface area contributed by atoms with E-state index in [1.807, 2.05) is 30.3 Å². The number of hydrogen-bond donors (Lipinski definition) is 1. The average Bonchev–Trinajstić information content (AvgIpc) is 2.85. The highest BCUT2D eigenvalue weighted by Crippen LogP contribution is 2.19. The van der Waals surface area contributed by atoms with E-state index in [0.29, 0.717) is 18.6 Å². The van der Waals surface area contributed by atoms with Crippen LogP contribution in [0.1, 0.15) is 18.2 Å². The molecular formula is C18H24ClN3O. The second-order valence-electron chi connectivity index (χ2n) is 6.09. The van der Waals surface area contributed by atoms with Crippen LogP contribution in [0.4, 0.5) is 0 Å². The van der Waals surface area contributed by atoms with Crippen molar-refractivity contribution in [3.05, 3.63) is 59.9 Å². The van der Waals surface area contributed by atoms with Crippen LogP contribution < -0.4 is 10.5 Å². The Morgan fingerprint density at radius 3 is 2.57 bits per heavy atom. The number of aromatic nitrogens is 1. The van der Waals surface area contributed by atoms with Gasteiger partial charge in [0.25, 0.3) is 0 Å². The van der Waals surface area contributed by atoms with Gasteiger partial charge < -0.3 is 10.5 Å². The van der Waals surface area contributed by atoms with Crippen LogP contribution in [0, 0.1) is 5.92 Å². The number of likely N-dealkylation sites (tertiary alicyclic amines) is 1. The molecule has 1 aliphatic heterocycles. The minimum atomic E-state index is 0. The fourth-order valence-corrected chi connectivity index (χ4v) is 2.81. The van der Waals surface area contributed by atoms with Crippen molar-refractivity contribution in [1.82, 2.24) is 9.88 Å². The van der Waals surface area contributed by atoms with Gasteiger partial charge >= 0.3 is 0 Å². The Morgan fingerprint density at radius 2 is 1.96 bits per heavy atom. The Hall–Kier alpha value is -1.62. The van der Waals surface area contributed by atoms with Gasteiger partial charge in [-0.3, -0.25) is 9.88 Å². The maximum Gasteiger partial charge on any atom is 0.130 e. The molecule has 0 amide bonds. The molecule has 2 aromatic rings. The van der Waals surface area contributed by atoms with E-state index in [1.54, 1.807) is 6.20 Å². The molecule has 0 saturated carbocycles. The van der Waals surface area contributed by atoms with E-state index in [1.165, 1.54) is 5.56 Å². The van der Waals surface area contributed by atoms with Gasteiger partial charge in [0.05, 0.1) is 5.69 Å². The highest BCUT2D eigenvalue weighted by Gasteiger charge is 2.26. The molecule has 124 valence electrons. The lowest BCUT2D eigenvalue weighted by Crippen LogP contribution is -2.28. The summed E-state index contributed by atoms with van der Waals surface area (Å²) in [6.45, 7) is 5.74.